The summed E-state index contributed by atoms with van der Waals surface area (Å²) in [4.78, 5) is 19.3. The first kappa shape index (κ1) is 17.6. The molecule has 0 saturated heterocycles. The summed E-state index contributed by atoms with van der Waals surface area (Å²) in [7, 11) is -2.49. The zero-order valence-electron chi connectivity index (χ0n) is 12.9. The first-order valence-electron chi connectivity index (χ1n) is 6.92. The number of likely N-dealkylation sites (N-methyl/N-ethyl adjacent to an activating group) is 1. The summed E-state index contributed by atoms with van der Waals surface area (Å²) in [6.45, 7) is -0.490. The van der Waals surface area contributed by atoms with Crippen molar-refractivity contribution >= 4 is 21.8 Å². The van der Waals surface area contributed by atoms with Crippen LogP contribution in [0.1, 0.15) is 5.56 Å². The fourth-order valence-electron chi connectivity index (χ4n) is 1.78. The molecule has 0 bridgehead atoms. The SMILES string of the molecule is CN(CC(=O)O/N=C(\N)c1cc[nH+]cc1)S(=O)(=O)c1ccccc1. The maximum absolute atomic E-state index is 12.3. The van der Waals surface area contributed by atoms with Gasteiger partial charge < -0.3 is 10.6 Å². The van der Waals surface area contributed by atoms with Gasteiger partial charge in [-0.15, -0.1) is 0 Å². The van der Waals surface area contributed by atoms with Crippen LogP contribution in [0.4, 0.5) is 0 Å². The number of pyridine rings is 1. The number of rotatable bonds is 6. The maximum Gasteiger partial charge on any atom is 0.350 e. The van der Waals surface area contributed by atoms with Crippen LogP contribution in [0.15, 0.2) is 64.9 Å². The molecule has 24 heavy (non-hydrogen) atoms. The van der Waals surface area contributed by atoms with Crippen molar-refractivity contribution < 1.29 is 23.0 Å². The molecule has 0 atom stereocenters. The lowest BCUT2D eigenvalue weighted by Crippen LogP contribution is -2.32. The van der Waals surface area contributed by atoms with E-state index < -0.39 is 22.5 Å². The topological polar surface area (TPSA) is 116 Å². The van der Waals surface area contributed by atoms with Crippen LogP contribution in [0.3, 0.4) is 0 Å². The number of hydrogen-bond acceptors (Lipinski definition) is 5. The van der Waals surface area contributed by atoms with E-state index in [9.17, 15) is 13.2 Å². The second kappa shape index (κ2) is 7.66. The second-order valence-electron chi connectivity index (χ2n) is 4.80. The summed E-state index contributed by atoms with van der Waals surface area (Å²) in [6, 6.07) is 11.1. The molecule has 0 unspecified atom stereocenters. The average Bonchev–Trinajstić information content (AvgIpc) is 2.61. The summed E-state index contributed by atoms with van der Waals surface area (Å²) >= 11 is 0. The summed E-state index contributed by atoms with van der Waals surface area (Å²) < 4.78 is 25.4. The molecule has 0 aliphatic rings. The number of nitrogens with one attached hydrogen (secondary N) is 1. The van der Waals surface area contributed by atoms with Crippen LogP contribution in [0.5, 0.6) is 0 Å². The van der Waals surface area contributed by atoms with E-state index in [1.807, 2.05) is 0 Å². The molecule has 8 nitrogen and oxygen atoms in total. The molecule has 0 fully saturated rings. The molecule has 126 valence electrons. The summed E-state index contributed by atoms with van der Waals surface area (Å²) in [5.74, 6) is -0.839. The van der Waals surface area contributed by atoms with E-state index in [2.05, 4.69) is 15.0 Å². The first-order chi connectivity index (χ1) is 11.4. The molecule has 0 aliphatic heterocycles. The van der Waals surface area contributed by atoms with Crippen molar-refractivity contribution in [3.8, 4) is 0 Å². The van der Waals surface area contributed by atoms with Crippen LogP contribution in [0.2, 0.25) is 0 Å². The molecule has 1 aromatic heterocycles. The van der Waals surface area contributed by atoms with Crippen molar-refractivity contribution in [2.24, 2.45) is 10.9 Å². The molecular formula is C15H17N4O4S+. The Balaban J connectivity index is 1.99. The second-order valence-corrected chi connectivity index (χ2v) is 6.85. The minimum absolute atomic E-state index is 0.00548. The van der Waals surface area contributed by atoms with Crippen LogP contribution in [-0.2, 0) is 19.7 Å². The first-order valence-corrected chi connectivity index (χ1v) is 8.36. The van der Waals surface area contributed by atoms with Gasteiger partial charge in [0.15, 0.2) is 18.2 Å². The van der Waals surface area contributed by atoms with E-state index in [0.29, 0.717) is 5.56 Å². The molecular weight excluding hydrogens is 332 g/mol. The molecule has 0 spiro atoms. The lowest BCUT2D eigenvalue weighted by atomic mass is 10.2. The van der Waals surface area contributed by atoms with Gasteiger partial charge >= 0.3 is 5.97 Å². The molecule has 0 aliphatic carbocycles. The molecule has 3 N–H and O–H groups in total. The Bertz CT molecular complexity index is 823. The van der Waals surface area contributed by atoms with E-state index in [0.717, 1.165) is 4.31 Å². The van der Waals surface area contributed by atoms with Gasteiger partial charge in [0, 0.05) is 24.7 Å². The number of carbonyl (C=O) groups excluding carboxylic acids is 1. The van der Waals surface area contributed by atoms with Crippen molar-refractivity contribution in [1.29, 1.82) is 0 Å². The highest BCUT2D eigenvalue weighted by Crippen LogP contribution is 2.13. The average molecular weight is 349 g/mol. The minimum Gasteiger partial charge on any atom is -0.380 e. The Labute approximate surface area is 139 Å². The number of aromatic nitrogens is 1. The van der Waals surface area contributed by atoms with Crippen molar-refractivity contribution in [3.05, 3.63) is 60.4 Å². The van der Waals surface area contributed by atoms with Gasteiger partial charge in [-0.05, 0) is 12.1 Å². The highest BCUT2D eigenvalue weighted by atomic mass is 32.2. The van der Waals surface area contributed by atoms with Crippen LogP contribution in [0, 0.1) is 0 Å². The fraction of sp³-hybridized carbons (Fsp3) is 0.133. The van der Waals surface area contributed by atoms with E-state index in [-0.39, 0.29) is 10.7 Å². The van der Waals surface area contributed by atoms with E-state index in [4.69, 9.17) is 5.73 Å². The number of hydrogen-bond donors (Lipinski definition) is 1. The smallest absolute Gasteiger partial charge is 0.350 e. The van der Waals surface area contributed by atoms with Gasteiger partial charge in [-0.1, -0.05) is 23.4 Å². The highest BCUT2D eigenvalue weighted by molar-refractivity contribution is 7.89. The van der Waals surface area contributed by atoms with E-state index in [1.54, 1.807) is 42.7 Å². The Morgan fingerprint density at radius 1 is 1.21 bits per heavy atom. The van der Waals surface area contributed by atoms with Crippen molar-refractivity contribution in [1.82, 2.24) is 4.31 Å². The van der Waals surface area contributed by atoms with Crippen LogP contribution >= 0.6 is 0 Å². The van der Waals surface area contributed by atoms with Crippen molar-refractivity contribution in [2.75, 3.05) is 13.6 Å². The zero-order valence-corrected chi connectivity index (χ0v) is 13.7. The quantitative estimate of drug-likeness (QED) is 0.341. The Hall–Kier alpha value is -2.78. The largest absolute Gasteiger partial charge is 0.380 e. The molecule has 9 heteroatoms. The fourth-order valence-corrected chi connectivity index (χ4v) is 2.91. The summed E-state index contributed by atoms with van der Waals surface area (Å²) in [6.07, 6.45) is 3.28. The van der Waals surface area contributed by atoms with Crippen LogP contribution in [0.25, 0.3) is 0 Å². The van der Waals surface area contributed by atoms with E-state index in [1.165, 1.54) is 19.2 Å². The number of benzene rings is 1. The lowest BCUT2D eigenvalue weighted by molar-refractivity contribution is -0.378. The van der Waals surface area contributed by atoms with Crippen molar-refractivity contribution in [2.45, 2.75) is 4.90 Å². The molecule has 0 saturated carbocycles. The predicted molar refractivity (Wildman–Crippen MR) is 86.1 cm³/mol. The van der Waals surface area contributed by atoms with Gasteiger partial charge in [-0.25, -0.2) is 18.2 Å². The number of sulfonamides is 1. The molecule has 1 aromatic carbocycles. The van der Waals surface area contributed by atoms with Gasteiger partial charge in [-0.3, -0.25) is 0 Å². The Morgan fingerprint density at radius 3 is 2.46 bits per heavy atom. The van der Waals surface area contributed by atoms with Gasteiger partial charge in [0.05, 0.1) is 4.90 Å². The molecule has 1 heterocycles. The van der Waals surface area contributed by atoms with Gasteiger partial charge in [0.2, 0.25) is 10.0 Å². The third-order valence-electron chi connectivity index (χ3n) is 3.06. The maximum atomic E-state index is 12.3. The standard InChI is InChI=1S/C15H16N4O4S/c1-19(24(21,22)13-5-3-2-4-6-13)11-14(20)23-18-15(16)12-7-9-17-10-8-12/h2-10H,11H2,1H3,(H2,16,18)/p+1. The summed E-state index contributed by atoms with van der Waals surface area (Å²) in [5, 5.41) is 3.51. The third kappa shape index (κ3) is 4.37. The van der Waals surface area contributed by atoms with Gasteiger partial charge in [0.1, 0.15) is 6.54 Å². The monoisotopic (exact) mass is 349 g/mol. The number of nitrogens with two attached hydrogens (primary N) is 1. The van der Waals surface area contributed by atoms with Crippen molar-refractivity contribution in [3.63, 3.8) is 0 Å². The minimum atomic E-state index is -3.78. The molecule has 2 aromatic rings. The normalized spacial score (nSPS) is 12.2. The molecule has 2 rings (SSSR count). The lowest BCUT2D eigenvalue weighted by Gasteiger charge is -2.15. The Morgan fingerprint density at radius 2 is 1.83 bits per heavy atom. The predicted octanol–water partition coefficient (Wildman–Crippen LogP) is -0.0151. The zero-order chi connectivity index (χ0) is 17.6. The molecule has 0 radical (unpaired) electrons. The number of aromatic amines is 1. The third-order valence-corrected chi connectivity index (χ3v) is 4.88. The number of carbonyl (C=O) groups is 1. The number of H-pyrrole nitrogens is 1. The van der Waals surface area contributed by atoms with Gasteiger partial charge in [-0.2, -0.15) is 4.31 Å². The number of nitrogens with zero attached hydrogens (tertiary/aromatic N) is 2. The van der Waals surface area contributed by atoms with Gasteiger partial charge in [0.25, 0.3) is 0 Å². The highest BCUT2D eigenvalue weighted by Gasteiger charge is 2.23. The van der Waals surface area contributed by atoms with Crippen LogP contribution < -0.4 is 10.7 Å². The van der Waals surface area contributed by atoms with Crippen LogP contribution in [-0.4, -0.2) is 38.1 Å². The summed E-state index contributed by atoms with van der Waals surface area (Å²) in [5.41, 5.74) is 6.24. The number of oxime groups is 1. The Kier molecular flexibility index (Phi) is 5.61. The number of amidine groups is 1. The van der Waals surface area contributed by atoms with E-state index >= 15 is 0 Å². The molecule has 0 amide bonds.